The van der Waals surface area contributed by atoms with E-state index in [2.05, 4.69) is 21.4 Å². The molecule has 3 N–H and O–H groups in total. The van der Waals surface area contributed by atoms with E-state index in [4.69, 9.17) is 15.3 Å². The number of benzene rings is 1. The number of halogens is 2. The Bertz CT molecular complexity index is 379. The molecule has 18 heavy (non-hydrogen) atoms. The van der Waals surface area contributed by atoms with Crippen molar-refractivity contribution >= 4 is 15.9 Å². The predicted molar refractivity (Wildman–Crippen MR) is 69.5 cm³/mol. The van der Waals surface area contributed by atoms with Gasteiger partial charge in [0.15, 0.2) is 0 Å². The van der Waals surface area contributed by atoms with Gasteiger partial charge in [-0.3, -0.25) is 11.3 Å². The first-order chi connectivity index (χ1) is 8.69. The SMILES string of the molecule is NNC(Cc1cc(F)cc(Br)c1)C1COCCO1. The summed E-state index contributed by atoms with van der Waals surface area (Å²) >= 11 is 3.27. The first-order valence-corrected chi connectivity index (χ1v) is 6.59. The number of nitrogens with one attached hydrogen (secondary N) is 1. The number of nitrogens with two attached hydrogens (primary N) is 1. The Kier molecular flexibility index (Phi) is 5.08. The summed E-state index contributed by atoms with van der Waals surface area (Å²) in [7, 11) is 0. The third kappa shape index (κ3) is 3.73. The van der Waals surface area contributed by atoms with E-state index in [0.717, 1.165) is 5.56 Å². The van der Waals surface area contributed by atoms with Crippen molar-refractivity contribution in [2.24, 2.45) is 5.84 Å². The Hall–Kier alpha value is -0.530. The summed E-state index contributed by atoms with van der Waals surface area (Å²) < 4.78 is 24.9. The van der Waals surface area contributed by atoms with Crippen LogP contribution < -0.4 is 11.3 Å². The molecule has 0 radical (unpaired) electrons. The van der Waals surface area contributed by atoms with Crippen LogP contribution in [0.3, 0.4) is 0 Å². The Morgan fingerprint density at radius 3 is 2.89 bits per heavy atom. The molecule has 1 aliphatic rings. The molecule has 1 heterocycles. The molecule has 1 aromatic carbocycles. The molecule has 1 aliphatic heterocycles. The zero-order valence-corrected chi connectivity index (χ0v) is 11.5. The monoisotopic (exact) mass is 318 g/mol. The van der Waals surface area contributed by atoms with Crippen LogP contribution in [0.1, 0.15) is 5.56 Å². The Morgan fingerprint density at radius 1 is 1.44 bits per heavy atom. The molecule has 2 rings (SSSR count). The fraction of sp³-hybridized carbons (Fsp3) is 0.500. The second-order valence-corrected chi connectivity index (χ2v) is 5.15. The Balaban J connectivity index is 2.04. The first kappa shape index (κ1) is 13.9. The topological polar surface area (TPSA) is 56.5 Å². The summed E-state index contributed by atoms with van der Waals surface area (Å²) in [6.07, 6.45) is 0.478. The summed E-state index contributed by atoms with van der Waals surface area (Å²) in [4.78, 5) is 0. The fourth-order valence-electron chi connectivity index (χ4n) is 2.02. The van der Waals surface area contributed by atoms with Crippen molar-refractivity contribution in [3.63, 3.8) is 0 Å². The van der Waals surface area contributed by atoms with Crippen LogP contribution in [0.2, 0.25) is 0 Å². The van der Waals surface area contributed by atoms with Gasteiger partial charge in [0.2, 0.25) is 0 Å². The van der Waals surface area contributed by atoms with E-state index in [1.54, 1.807) is 0 Å². The number of ether oxygens (including phenoxy) is 2. The minimum Gasteiger partial charge on any atom is -0.376 e. The van der Waals surface area contributed by atoms with Crippen LogP contribution in [-0.2, 0) is 15.9 Å². The molecule has 0 aromatic heterocycles. The molecular weight excluding hydrogens is 303 g/mol. The maximum absolute atomic E-state index is 13.3. The predicted octanol–water partition coefficient (Wildman–Crippen LogP) is 1.38. The minimum absolute atomic E-state index is 0.0981. The van der Waals surface area contributed by atoms with Crippen LogP contribution in [0.4, 0.5) is 4.39 Å². The van der Waals surface area contributed by atoms with Crippen molar-refractivity contribution in [1.82, 2.24) is 5.43 Å². The van der Waals surface area contributed by atoms with Gasteiger partial charge in [-0.15, -0.1) is 0 Å². The lowest BCUT2D eigenvalue weighted by Gasteiger charge is -2.30. The second-order valence-electron chi connectivity index (χ2n) is 4.24. The van der Waals surface area contributed by atoms with Gasteiger partial charge in [0.25, 0.3) is 0 Å². The fourth-order valence-corrected chi connectivity index (χ4v) is 2.53. The molecule has 0 amide bonds. The molecule has 2 atom stereocenters. The van der Waals surface area contributed by atoms with E-state index in [-0.39, 0.29) is 18.0 Å². The van der Waals surface area contributed by atoms with Crippen LogP contribution in [0.25, 0.3) is 0 Å². The molecule has 0 spiro atoms. The molecule has 0 saturated carbocycles. The van der Waals surface area contributed by atoms with Crippen molar-refractivity contribution < 1.29 is 13.9 Å². The maximum Gasteiger partial charge on any atom is 0.124 e. The largest absolute Gasteiger partial charge is 0.376 e. The van der Waals surface area contributed by atoms with Crippen molar-refractivity contribution in [2.45, 2.75) is 18.6 Å². The first-order valence-electron chi connectivity index (χ1n) is 5.79. The number of hydrazine groups is 1. The van der Waals surface area contributed by atoms with E-state index in [0.29, 0.717) is 30.7 Å². The molecule has 4 nitrogen and oxygen atoms in total. The minimum atomic E-state index is -0.268. The molecule has 2 unspecified atom stereocenters. The highest BCUT2D eigenvalue weighted by Gasteiger charge is 2.24. The summed E-state index contributed by atoms with van der Waals surface area (Å²) in [5.41, 5.74) is 3.58. The van der Waals surface area contributed by atoms with E-state index >= 15 is 0 Å². The number of hydrogen-bond donors (Lipinski definition) is 2. The van der Waals surface area contributed by atoms with Gasteiger partial charge in [-0.05, 0) is 30.2 Å². The van der Waals surface area contributed by atoms with Gasteiger partial charge in [0.05, 0.1) is 32.0 Å². The normalized spacial score (nSPS) is 21.8. The zero-order valence-electron chi connectivity index (χ0n) is 9.86. The molecule has 0 aliphatic carbocycles. The summed E-state index contributed by atoms with van der Waals surface area (Å²) in [5, 5.41) is 0. The van der Waals surface area contributed by atoms with Crippen molar-refractivity contribution in [1.29, 1.82) is 0 Å². The van der Waals surface area contributed by atoms with Crippen molar-refractivity contribution in [3.8, 4) is 0 Å². The van der Waals surface area contributed by atoms with Crippen LogP contribution in [0.5, 0.6) is 0 Å². The van der Waals surface area contributed by atoms with Gasteiger partial charge in [-0.25, -0.2) is 4.39 Å². The Labute approximate surface area is 114 Å². The van der Waals surface area contributed by atoms with Crippen LogP contribution in [-0.4, -0.2) is 32.0 Å². The highest BCUT2D eigenvalue weighted by atomic mass is 79.9. The lowest BCUT2D eigenvalue weighted by Crippen LogP contribution is -2.50. The van der Waals surface area contributed by atoms with Gasteiger partial charge < -0.3 is 9.47 Å². The van der Waals surface area contributed by atoms with Crippen LogP contribution >= 0.6 is 15.9 Å². The molecule has 1 saturated heterocycles. The average molecular weight is 319 g/mol. The third-order valence-electron chi connectivity index (χ3n) is 2.88. The molecular formula is C12H16BrFN2O2. The number of hydrogen-bond acceptors (Lipinski definition) is 4. The smallest absolute Gasteiger partial charge is 0.124 e. The van der Waals surface area contributed by atoms with Crippen LogP contribution in [0, 0.1) is 5.82 Å². The molecule has 6 heteroatoms. The zero-order chi connectivity index (χ0) is 13.0. The van der Waals surface area contributed by atoms with Gasteiger partial charge in [-0.1, -0.05) is 15.9 Å². The van der Waals surface area contributed by atoms with Crippen molar-refractivity contribution in [3.05, 3.63) is 34.1 Å². The van der Waals surface area contributed by atoms with Crippen molar-refractivity contribution in [2.75, 3.05) is 19.8 Å². The highest BCUT2D eigenvalue weighted by Crippen LogP contribution is 2.18. The van der Waals surface area contributed by atoms with Gasteiger partial charge in [0.1, 0.15) is 5.82 Å². The lowest BCUT2D eigenvalue weighted by molar-refractivity contribution is -0.101. The van der Waals surface area contributed by atoms with Gasteiger partial charge >= 0.3 is 0 Å². The average Bonchev–Trinajstić information content (AvgIpc) is 2.36. The highest BCUT2D eigenvalue weighted by molar-refractivity contribution is 9.10. The standard InChI is InChI=1S/C12H16BrFN2O2/c13-9-3-8(4-10(14)6-9)5-11(16-15)12-7-17-1-2-18-12/h3-4,6,11-12,16H,1-2,5,7,15H2. The van der Waals surface area contributed by atoms with Gasteiger partial charge in [0, 0.05) is 4.47 Å². The van der Waals surface area contributed by atoms with Crippen LogP contribution in [0.15, 0.2) is 22.7 Å². The summed E-state index contributed by atoms with van der Waals surface area (Å²) in [5.74, 6) is 5.27. The molecule has 1 fully saturated rings. The van der Waals surface area contributed by atoms with E-state index in [9.17, 15) is 4.39 Å². The maximum atomic E-state index is 13.3. The lowest BCUT2D eigenvalue weighted by atomic mass is 10.0. The molecule has 100 valence electrons. The molecule has 1 aromatic rings. The van der Waals surface area contributed by atoms with E-state index in [1.807, 2.05) is 6.07 Å². The quantitative estimate of drug-likeness (QED) is 0.650. The number of rotatable bonds is 4. The summed E-state index contributed by atoms with van der Waals surface area (Å²) in [6.45, 7) is 1.68. The third-order valence-corrected chi connectivity index (χ3v) is 3.34. The second kappa shape index (κ2) is 6.58. The molecule has 0 bridgehead atoms. The Morgan fingerprint density at radius 2 is 2.28 bits per heavy atom. The van der Waals surface area contributed by atoms with E-state index in [1.165, 1.54) is 12.1 Å². The van der Waals surface area contributed by atoms with E-state index < -0.39 is 0 Å². The summed E-state index contributed by atoms with van der Waals surface area (Å²) in [6, 6.07) is 4.70. The van der Waals surface area contributed by atoms with Gasteiger partial charge in [-0.2, -0.15) is 0 Å².